The third-order valence-corrected chi connectivity index (χ3v) is 4.32. The van der Waals surface area contributed by atoms with Gasteiger partial charge in [0.1, 0.15) is 0 Å². The van der Waals surface area contributed by atoms with Gasteiger partial charge in [-0.25, -0.2) is 4.68 Å². The van der Waals surface area contributed by atoms with Crippen LogP contribution in [0.5, 0.6) is 0 Å². The molecule has 2 heterocycles. The van der Waals surface area contributed by atoms with Crippen molar-refractivity contribution in [2.45, 2.75) is 45.4 Å². The maximum Gasteiger partial charge on any atom is 0.0738 e. The van der Waals surface area contributed by atoms with Gasteiger partial charge in [0.15, 0.2) is 0 Å². The summed E-state index contributed by atoms with van der Waals surface area (Å²) in [5.74, 6) is 0. The number of hydrogen-bond acceptors (Lipinski definition) is 4. The highest BCUT2D eigenvalue weighted by Crippen LogP contribution is 2.14. The third kappa shape index (κ3) is 3.93. The molecule has 1 aromatic carbocycles. The van der Waals surface area contributed by atoms with E-state index in [4.69, 9.17) is 0 Å². The second-order valence-corrected chi connectivity index (χ2v) is 5.98. The first-order chi connectivity index (χ1) is 10.8. The second-order valence-electron chi connectivity index (χ2n) is 5.98. The zero-order valence-electron chi connectivity index (χ0n) is 13.3. The fourth-order valence-electron chi connectivity index (χ4n) is 3.14. The number of rotatable bonds is 6. The zero-order chi connectivity index (χ0) is 15.2. The van der Waals surface area contributed by atoms with Gasteiger partial charge < -0.3 is 5.32 Å². The number of nitrogens with zero attached hydrogens (tertiary/aromatic N) is 4. The van der Waals surface area contributed by atoms with Crippen molar-refractivity contribution in [3.8, 4) is 0 Å². The van der Waals surface area contributed by atoms with Crippen LogP contribution in [0.2, 0.25) is 0 Å². The zero-order valence-corrected chi connectivity index (χ0v) is 13.3. The van der Waals surface area contributed by atoms with E-state index in [-0.39, 0.29) is 0 Å². The number of aryl methyl sites for hydroxylation is 1. The van der Waals surface area contributed by atoms with Gasteiger partial charge in [-0.3, -0.25) is 4.90 Å². The van der Waals surface area contributed by atoms with Gasteiger partial charge in [-0.2, -0.15) is 0 Å². The fraction of sp³-hybridized carbons (Fsp3) is 0.529. The van der Waals surface area contributed by atoms with Crippen LogP contribution in [0, 0.1) is 0 Å². The molecule has 0 bridgehead atoms. The van der Waals surface area contributed by atoms with Gasteiger partial charge in [0.25, 0.3) is 0 Å². The van der Waals surface area contributed by atoms with Crippen LogP contribution < -0.4 is 5.32 Å². The molecular formula is C17H25N5. The van der Waals surface area contributed by atoms with Crippen LogP contribution in [0.25, 0.3) is 0 Å². The molecule has 1 aliphatic heterocycles. The summed E-state index contributed by atoms with van der Waals surface area (Å²) in [6, 6.07) is 11.3. The third-order valence-electron chi connectivity index (χ3n) is 4.32. The van der Waals surface area contributed by atoms with Crippen LogP contribution in [-0.4, -0.2) is 39.0 Å². The summed E-state index contributed by atoms with van der Waals surface area (Å²) in [4.78, 5) is 2.55. The monoisotopic (exact) mass is 299 g/mol. The quantitative estimate of drug-likeness (QED) is 0.887. The Morgan fingerprint density at radius 2 is 2.14 bits per heavy atom. The van der Waals surface area contributed by atoms with Crippen LogP contribution in [0.3, 0.4) is 0 Å². The summed E-state index contributed by atoms with van der Waals surface area (Å²) in [5, 5.41) is 11.7. The Morgan fingerprint density at radius 1 is 1.27 bits per heavy atom. The van der Waals surface area contributed by atoms with Gasteiger partial charge in [-0.05, 0) is 31.9 Å². The first-order valence-corrected chi connectivity index (χ1v) is 8.22. The summed E-state index contributed by atoms with van der Waals surface area (Å²) in [6.07, 6.45) is 4.37. The molecule has 0 amide bonds. The van der Waals surface area contributed by atoms with Crippen molar-refractivity contribution >= 4 is 0 Å². The number of piperidine rings is 1. The average Bonchev–Trinajstić information content (AvgIpc) is 3.02. The highest BCUT2D eigenvalue weighted by Gasteiger charge is 2.19. The van der Waals surface area contributed by atoms with Crippen LogP contribution in [0.15, 0.2) is 36.5 Å². The topological polar surface area (TPSA) is 46.0 Å². The van der Waals surface area contributed by atoms with Crippen molar-refractivity contribution < 1.29 is 0 Å². The average molecular weight is 299 g/mol. The van der Waals surface area contributed by atoms with E-state index in [0.29, 0.717) is 6.04 Å². The lowest BCUT2D eigenvalue weighted by atomic mass is 10.0. The first kappa shape index (κ1) is 15.2. The Kier molecular flexibility index (Phi) is 5.19. The smallest absolute Gasteiger partial charge is 0.0738 e. The normalized spacial score (nSPS) is 19.4. The van der Waals surface area contributed by atoms with E-state index in [1.807, 2.05) is 10.9 Å². The minimum absolute atomic E-state index is 0.553. The molecule has 0 spiro atoms. The molecule has 1 unspecified atom stereocenters. The molecule has 5 nitrogen and oxygen atoms in total. The number of hydrogen-bond donors (Lipinski definition) is 1. The second kappa shape index (κ2) is 7.51. The molecule has 2 aromatic rings. The number of likely N-dealkylation sites (tertiary alicyclic amines) is 1. The van der Waals surface area contributed by atoms with Gasteiger partial charge in [-0.1, -0.05) is 35.5 Å². The molecule has 0 aliphatic carbocycles. The number of aromatic nitrogens is 3. The minimum atomic E-state index is 0.553. The van der Waals surface area contributed by atoms with Crippen molar-refractivity contribution in [3.63, 3.8) is 0 Å². The Labute approximate surface area is 132 Å². The molecule has 1 aliphatic rings. The lowest BCUT2D eigenvalue weighted by Gasteiger charge is -2.33. The highest BCUT2D eigenvalue weighted by atomic mass is 15.4. The van der Waals surface area contributed by atoms with Gasteiger partial charge in [-0.15, -0.1) is 5.10 Å². The lowest BCUT2D eigenvalue weighted by Crippen LogP contribution is -2.45. The van der Waals surface area contributed by atoms with Crippen molar-refractivity contribution in [1.29, 1.82) is 0 Å². The summed E-state index contributed by atoms with van der Waals surface area (Å²) < 4.78 is 1.96. The maximum atomic E-state index is 4.09. The first-order valence-electron chi connectivity index (χ1n) is 8.22. The van der Waals surface area contributed by atoms with E-state index in [9.17, 15) is 0 Å². The molecule has 1 N–H and O–H groups in total. The molecule has 5 heteroatoms. The van der Waals surface area contributed by atoms with Crippen molar-refractivity contribution in [2.75, 3.05) is 13.1 Å². The lowest BCUT2D eigenvalue weighted by molar-refractivity contribution is 0.182. The van der Waals surface area contributed by atoms with Gasteiger partial charge >= 0.3 is 0 Å². The molecule has 0 radical (unpaired) electrons. The van der Waals surface area contributed by atoms with E-state index in [0.717, 1.165) is 26.2 Å². The van der Waals surface area contributed by atoms with Crippen LogP contribution in [-0.2, 0) is 19.6 Å². The van der Waals surface area contributed by atoms with E-state index in [1.54, 1.807) is 0 Å². The number of benzene rings is 1. The SMILES string of the molecule is CCn1nncc1CNC1CCCN(Cc2ccccc2)C1. The largest absolute Gasteiger partial charge is 0.307 e. The Balaban J connectivity index is 1.50. The van der Waals surface area contributed by atoms with E-state index >= 15 is 0 Å². The molecule has 22 heavy (non-hydrogen) atoms. The predicted molar refractivity (Wildman–Crippen MR) is 87.3 cm³/mol. The van der Waals surface area contributed by atoms with Gasteiger partial charge in [0, 0.05) is 32.2 Å². The van der Waals surface area contributed by atoms with Crippen molar-refractivity contribution in [2.24, 2.45) is 0 Å². The summed E-state index contributed by atoms with van der Waals surface area (Å²) in [6.45, 7) is 7.18. The highest BCUT2D eigenvalue weighted by molar-refractivity contribution is 5.14. The van der Waals surface area contributed by atoms with E-state index < -0.39 is 0 Å². The van der Waals surface area contributed by atoms with E-state index in [2.05, 4.69) is 57.8 Å². The minimum Gasteiger partial charge on any atom is -0.307 e. The maximum absolute atomic E-state index is 4.09. The molecule has 3 rings (SSSR count). The summed E-state index contributed by atoms with van der Waals surface area (Å²) >= 11 is 0. The van der Waals surface area contributed by atoms with Gasteiger partial charge in [0.2, 0.25) is 0 Å². The van der Waals surface area contributed by atoms with Crippen LogP contribution in [0.1, 0.15) is 31.0 Å². The number of nitrogens with one attached hydrogen (secondary N) is 1. The molecule has 1 aromatic heterocycles. The molecule has 1 saturated heterocycles. The van der Waals surface area contributed by atoms with Crippen molar-refractivity contribution in [3.05, 3.63) is 47.8 Å². The van der Waals surface area contributed by atoms with Crippen LogP contribution >= 0.6 is 0 Å². The standard InChI is InChI=1S/C17H25N5/c1-2-22-17(12-19-20-22)11-18-16-9-6-10-21(14-16)13-15-7-4-3-5-8-15/h3-5,7-8,12,16,18H,2,6,9-11,13-14H2,1H3. The van der Waals surface area contributed by atoms with Gasteiger partial charge in [0.05, 0.1) is 11.9 Å². The van der Waals surface area contributed by atoms with Crippen molar-refractivity contribution in [1.82, 2.24) is 25.2 Å². The molecule has 118 valence electrons. The molecule has 1 fully saturated rings. The molecule has 1 atom stereocenters. The molecule has 0 saturated carbocycles. The Bertz CT molecular complexity index is 565. The summed E-state index contributed by atoms with van der Waals surface area (Å²) in [5.41, 5.74) is 2.57. The Hall–Kier alpha value is -1.72. The van der Waals surface area contributed by atoms with Crippen LogP contribution in [0.4, 0.5) is 0 Å². The molecular weight excluding hydrogens is 274 g/mol. The Morgan fingerprint density at radius 3 is 2.95 bits per heavy atom. The summed E-state index contributed by atoms with van der Waals surface area (Å²) in [7, 11) is 0. The fourth-order valence-corrected chi connectivity index (χ4v) is 3.14. The predicted octanol–water partition coefficient (Wildman–Crippen LogP) is 2.05. The van der Waals surface area contributed by atoms with E-state index in [1.165, 1.54) is 30.6 Å².